The zero-order valence-electron chi connectivity index (χ0n) is 7.02. The van der Waals surface area contributed by atoms with E-state index in [9.17, 15) is 14.4 Å². The van der Waals surface area contributed by atoms with Gasteiger partial charge in [0.25, 0.3) is 0 Å². The van der Waals surface area contributed by atoms with Crippen LogP contribution in [0.15, 0.2) is 9.98 Å². The average Bonchev–Trinajstić information content (AvgIpc) is 2.16. The number of aliphatic imine (C=N–C) groups is 2. The lowest BCUT2D eigenvalue weighted by Crippen LogP contribution is -2.20. The Morgan fingerprint density at radius 3 is 2.62 bits per heavy atom. The van der Waals surface area contributed by atoms with Crippen LogP contribution in [0.2, 0.25) is 0 Å². The molecule has 0 saturated carbocycles. The molecule has 0 amide bonds. The summed E-state index contributed by atoms with van der Waals surface area (Å²) in [6.45, 7) is 0.0778. The van der Waals surface area contributed by atoms with Crippen LogP contribution < -0.4 is 0 Å². The second kappa shape index (κ2) is 6.91. The standard InChI is InChI=1S/C7H8N2O4/c1-13-7(12)6(9-5-11)2-3-8-4-10/h6H,2-3H2,1H3. The summed E-state index contributed by atoms with van der Waals surface area (Å²) in [7, 11) is 1.18. The molecule has 0 aromatic rings. The number of carbonyl (C=O) groups is 1. The van der Waals surface area contributed by atoms with Gasteiger partial charge in [-0.05, 0) is 0 Å². The van der Waals surface area contributed by atoms with E-state index in [1.54, 1.807) is 0 Å². The van der Waals surface area contributed by atoms with Crippen molar-refractivity contribution in [3.8, 4) is 0 Å². The number of isocyanates is 2. The van der Waals surface area contributed by atoms with Gasteiger partial charge in [0.2, 0.25) is 12.2 Å². The van der Waals surface area contributed by atoms with Gasteiger partial charge in [-0.15, -0.1) is 0 Å². The smallest absolute Gasteiger partial charge is 0.331 e. The first-order chi connectivity index (χ1) is 6.26. The monoisotopic (exact) mass is 184 g/mol. The van der Waals surface area contributed by atoms with E-state index in [-0.39, 0.29) is 13.0 Å². The van der Waals surface area contributed by atoms with Gasteiger partial charge in [-0.2, -0.15) is 4.99 Å². The molecule has 0 rings (SSSR count). The molecule has 6 nitrogen and oxygen atoms in total. The number of esters is 1. The SMILES string of the molecule is COC(=O)C(CCN=C=O)N=C=O. The fourth-order valence-electron chi connectivity index (χ4n) is 0.667. The summed E-state index contributed by atoms with van der Waals surface area (Å²) >= 11 is 0. The van der Waals surface area contributed by atoms with Crippen LogP contribution in [0.5, 0.6) is 0 Å². The molecule has 0 aromatic carbocycles. The van der Waals surface area contributed by atoms with Gasteiger partial charge in [0, 0.05) is 6.42 Å². The second-order valence-electron chi connectivity index (χ2n) is 2.02. The number of ether oxygens (including phenoxy) is 1. The van der Waals surface area contributed by atoms with Crippen molar-refractivity contribution in [2.24, 2.45) is 9.98 Å². The largest absolute Gasteiger partial charge is 0.467 e. The van der Waals surface area contributed by atoms with Gasteiger partial charge >= 0.3 is 5.97 Å². The quantitative estimate of drug-likeness (QED) is 0.330. The second-order valence-corrected chi connectivity index (χ2v) is 2.02. The minimum absolute atomic E-state index is 0.0778. The van der Waals surface area contributed by atoms with Crippen molar-refractivity contribution in [2.45, 2.75) is 12.5 Å². The van der Waals surface area contributed by atoms with E-state index in [1.165, 1.54) is 19.3 Å². The molecule has 0 aliphatic rings. The summed E-state index contributed by atoms with van der Waals surface area (Å²) in [5, 5.41) is 0. The van der Waals surface area contributed by atoms with Crippen molar-refractivity contribution in [3.05, 3.63) is 0 Å². The lowest BCUT2D eigenvalue weighted by atomic mass is 10.2. The van der Waals surface area contributed by atoms with Gasteiger partial charge < -0.3 is 4.74 Å². The maximum atomic E-state index is 10.9. The van der Waals surface area contributed by atoms with Crippen LogP contribution in [-0.4, -0.2) is 37.8 Å². The highest BCUT2D eigenvalue weighted by Gasteiger charge is 2.17. The van der Waals surface area contributed by atoms with Crippen LogP contribution in [0.4, 0.5) is 0 Å². The lowest BCUT2D eigenvalue weighted by molar-refractivity contribution is -0.142. The van der Waals surface area contributed by atoms with E-state index >= 15 is 0 Å². The first-order valence-electron chi connectivity index (χ1n) is 3.44. The van der Waals surface area contributed by atoms with Gasteiger partial charge in [0.15, 0.2) is 6.04 Å². The van der Waals surface area contributed by atoms with Gasteiger partial charge in [0.1, 0.15) is 0 Å². The number of rotatable bonds is 5. The fourth-order valence-corrected chi connectivity index (χ4v) is 0.667. The van der Waals surface area contributed by atoms with Crippen LogP contribution in [0, 0.1) is 0 Å². The van der Waals surface area contributed by atoms with Crippen molar-refractivity contribution in [2.75, 3.05) is 13.7 Å². The van der Waals surface area contributed by atoms with E-state index in [2.05, 4.69) is 14.7 Å². The fraction of sp³-hybridized carbons (Fsp3) is 0.571. The van der Waals surface area contributed by atoms with E-state index in [0.29, 0.717) is 0 Å². The highest BCUT2D eigenvalue weighted by atomic mass is 16.5. The molecule has 70 valence electrons. The van der Waals surface area contributed by atoms with Gasteiger partial charge in [-0.1, -0.05) is 0 Å². The molecule has 0 aliphatic carbocycles. The molecular formula is C7H8N2O4. The Hall–Kier alpha value is -1.77. The van der Waals surface area contributed by atoms with Crippen LogP contribution in [-0.2, 0) is 19.1 Å². The first-order valence-corrected chi connectivity index (χ1v) is 3.44. The Morgan fingerprint density at radius 1 is 1.46 bits per heavy atom. The Kier molecular flexibility index (Phi) is 5.97. The molecule has 6 heteroatoms. The summed E-state index contributed by atoms with van der Waals surface area (Å²) in [5.41, 5.74) is 0. The summed E-state index contributed by atoms with van der Waals surface area (Å²) in [5.74, 6) is -0.649. The van der Waals surface area contributed by atoms with E-state index in [4.69, 9.17) is 0 Å². The van der Waals surface area contributed by atoms with E-state index < -0.39 is 12.0 Å². The third-order valence-electron chi connectivity index (χ3n) is 1.26. The van der Waals surface area contributed by atoms with Crippen LogP contribution in [0.1, 0.15) is 6.42 Å². The molecule has 0 N–H and O–H groups in total. The zero-order valence-corrected chi connectivity index (χ0v) is 7.02. The van der Waals surface area contributed by atoms with Crippen LogP contribution in [0.25, 0.3) is 0 Å². The number of methoxy groups -OCH3 is 1. The maximum Gasteiger partial charge on any atom is 0.331 e. The van der Waals surface area contributed by atoms with Crippen molar-refractivity contribution in [1.82, 2.24) is 0 Å². The van der Waals surface area contributed by atoms with Crippen molar-refractivity contribution in [3.63, 3.8) is 0 Å². The molecule has 1 atom stereocenters. The highest BCUT2D eigenvalue weighted by Crippen LogP contribution is 1.99. The lowest BCUT2D eigenvalue weighted by Gasteiger charge is -2.04. The van der Waals surface area contributed by atoms with Crippen molar-refractivity contribution < 1.29 is 19.1 Å². The molecule has 13 heavy (non-hydrogen) atoms. The Labute approximate surface area is 74.3 Å². The average molecular weight is 184 g/mol. The molecular weight excluding hydrogens is 176 g/mol. The Morgan fingerprint density at radius 2 is 2.15 bits per heavy atom. The minimum atomic E-state index is -0.931. The third kappa shape index (κ3) is 4.63. The predicted molar refractivity (Wildman–Crippen MR) is 41.5 cm³/mol. The summed E-state index contributed by atoms with van der Waals surface area (Å²) < 4.78 is 4.34. The molecule has 0 fully saturated rings. The number of hydrogen-bond donors (Lipinski definition) is 0. The van der Waals surface area contributed by atoms with E-state index in [1.807, 2.05) is 0 Å². The highest BCUT2D eigenvalue weighted by molar-refractivity contribution is 5.76. The molecule has 0 aliphatic heterocycles. The zero-order chi connectivity index (χ0) is 10.1. The molecule has 1 unspecified atom stereocenters. The molecule has 0 radical (unpaired) electrons. The first kappa shape index (κ1) is 11.2. The third-order valence-corrected chi connectivity index (χ3v) is 1.26. The van der Waals surface area contributed by atoms with Gasteiger partial charge in [0.05, 0.1) is 13.7 Å². The van der Waals surface area contributed by atoms with E-state index in [0.717, 1.165) is 0 Å². The Balaban J connectivity index is 4.16. The summed E-state index contributed by atoms with van der Waals surface area (Å²) in [6, 6.07) is -0.931. The van der Waals surface area contributed by atoms with Gasteiger partial charge in [-0.3, -0.25) is 0 Å². The maximum absolute atomic E-state index is 10.9. The summed E-state index contributed by atoms with van der Waals surface area (Å²) in [4.78, 5) is 36.8. The molecule has 0 heterocycles. The van der Waals surface area contributed by atoms with Crippen LogP contribution in [0.3, 0.4) is 0 Å². The Bertz CT molecular complexity index is 264. The molecule has 0 aromatic heterocycles. The summed E-state index contributed by atoms with van der Waals surface area (Å²) in [6.07, 6.45) is 2.68. The van der Waals surface area contributed by atoms with Crippen molar-refractivity contribution in [1.29, 1.82) is 0 Å². The van der Waals surface area contributed by atoms with Gasteiger partial charge in [-0.25, -0.2) is 19.4 Å². The number of hydrogen-bond acceptors (Lipinski definition) is 6. The minimum Gasteiger partial charge on any atom is -0.467 e. The number of carbonyl (C=O) groups excluding carboxylic acids is 3. The number of nitrogens with zero attached hydrogens (tertiary/aromatic N) is 2. The normalized spacial score (nSPS) is 10.5. The van der Waals surface area contributed by atoms with Crippen LogP contribution >= 0.6 is 0 Å². The molecule has 0 spiro atoms. The van der Waals surface area contributed by atoms with Crippen molar-refractivity contribution >= 4 is 18.1 Å². The molecule has 0 saturated heterocycles. The predicted octanol–water partition coefficient (Wildman–Crippen LogP) is -0.410. The topological polar surface area (TPSA) is 85.2 Å². The molecule has 0 bridgehead atoms.